The third kappa shape index (κ3) is 2.63. The van der Waals surface area contributed by atoms with Crippen molar-refractivity contribution in [2.45, 2.75) is 31.3 Å². The Balaban J connectivity index is 2.66. The van der Waals surface area contributed by atoms with Crippen LogP contribution in [0.3, 0.4) is 0 Å². The standard InChI is InChI=1S/C9H13F4NO2/c1-16-6-3-2-4-14(5-6)8(15)9(12,13)7(10)11/h6-7H,2-5H2,1H3. The van der Waals surface area contributed by atoms with Crippen LogP contribution in [0, 0.1) is 0 Å². The Kier molecular flexibility index (Phi) is 4.12. The van der Waals surface area contributed by atoms with Gasteiger partial charge in [-0.15, -0.1) is 0 Å². The number of piperidine rings is 1. The SMILES string of the molecule is COC1CCCN(C(=O)C(F)(F)C(F)F)C1. The summed E-state index contributed by atoms with van der Waals surface area (Å²) in [6, 6.07) is 0. The number of alkyl halides is 4. The molecule has 1 aliphatic rings. The first kappa shape index (κ1) is 13.2. The van der Waals surface area contributed by atoms with Crippen LogP contribution in [0.25, 0.3) is 0 Å². The minimum Gasteiger partial charge on any atom is -0.380 e. The number of carbonyl (C=O) groups excluding carboxylic acids is 1. The maximum Gasteiger partial charge on any atom is 0.383 e. The summed E-state index contributed by atoms with van der Waals surface area (Å²) in [5.74, 6) is -6.42. The molecule has 94 valence electrons. The van der Waals surface area contributed by atoms with Gasteiger partial charge in [-0.3, -0.25) is 4.79 Å². The summed E-state index contributed by atoms with van der Waals surface area (Å²) in [6.45, 7) is 0.0125. The third-order valence-electron chi connectivity index (χ3n) is 2.56. The molecule has 0 aromatic rings. The van der Waals surface area contributed by atoms with Crippen molar-refractivity contribution in [2.24, 2.45) is 0 Å². The lowest BCUT2D eigenvalue weighted by Crippen LogP contribution is -2.52. The quantitative estimate of drug-likeness (QED) is 0.703. The highest BCUT2D eigenvalue weighted by Crippen LogP contribution is 2.27. The molecule has 1 fully saturated rings. The van der Waals surface area contributed by atoms with Gasteiger partial charge in [-0.05, 0) is 12.8 Å². The average molecular weight is 243 g/mol. The number of amides is 1. The van der Waals surface area contributed by atoms with Gasteiger partial charge in [0.1, 0.15) is 0 Å². The van der Waals surface area contributed by atoms with Gasteiger partial charge in [0.15, 0.2) is 0 Å². The van der Waals surface area contributed by atoms with E-state index in [0.29, 0.717) is 12.8 Å². The van der Waals surface area contributed by atoms with Crippen LogP contribution in [0.15, 0.2) is 0 Å². The topological polar surface area (TPSA) is 29.5 Å². The van der Waals surface area contributed by atoms with Crippen molar-refractivity contribution in [3.05, 3.63) is 0 Å². The van der Waals surface area contributed by atoms with E-state index >= 15 is 0 Å². The number of likely N-dealkylation sites (tertiary alicyclic amines) is 1. The van der Waals surface area contributed by atoms with Crippen molar-refractivity contribution < 1.29 is 27.1 Å². The van der Waals surface area contributed by atoms with E-state index in [1.807, 2.05) is 0 Å². The van der Waals surface area contributed by atoms with E-state index in [1.54, 1.807) is 0 Å². The van der Waals surface area contributed by atoms with E-state index in [1.165, 1.54) is 7.11 Å². The number of rotatable bonds is 3. The molecule has 7 heteroatoms. The number of halogens is 4. The van der Waals surface area contributed by atoms with Gasteiger partial charge in [0, 0.05) is 20.2 Å². The van der Waals surface area contributed by atoms with Gasteiger partial charge in [0.2, 0.25) is 0 Å². The molecule has 1 heterocycles. The summed E-state index contributed by atoms with van der Waals surface area (Å²) in [5, 5.41) is 0. The van der Waals surface area contributed by atoms with Crippen molar-refractivity contribution in [1.29, 1.82) is 0 Å². The Hall–Kier alpha value is -0.850. The predicted octanol–water partition coefficient (Wildman–Crippen LogP) is 1.52. The molecule has 3 nitrogen and oxygen atoms in total. The molecule has 0 saturated carbocycles. The highest BCUT2D eigenvalue weighted by atomic mass is 19.3. The van der Waals surface area contributed by atoms with E-state index in [0.717, 1.165) is 4.90 Å². The summed E-state index contributed by atoms with van der Waals surface area (Å²) in [4.78, 5) is 11.9. The summed E-state index contributed by atoms with van der Waals surface area (Å²) < 4.78 is 54.4. The van der Waals surface area contributed by atoms with Crippen LogP contribution in [-0.2, 0) is 9.53 Å². The molecular weight excluding hydrogens is 230 g/mol. The summed E-state index contributed by atoms with van der Waals surface area (Å²) in [7, 11) is 1.39. The van der Waals surface area contributed by atoms with Crippen LogP contribution < -0.4 is 0 Å². The maximum absolute atomic E-state index is 12.8. The number of hydrogen-bond acceptors (Lipinski definition) is 2. The number of carbonyl (C=O) groups is 1. The minimum absolute atomic E-state index is 0.0579. The third-order valence-corrected chi connectivity index (χ3v) is 2.56. The molecule has 0 aliphatic carbocycles. The van der Waals surface area contributed by atoms with Crippen LogP contribution >= 0.6 is 0 Å². The zero-order valence-corrected chi connectivity index (χ0v) is 8.76. The van der Waals surface area contributed by atoms with Crippen molar-refractivity contribution in [3.8, 4) is 0 Å². The molecule has 1 saturated heterocycles. The second kappa shape index (κ2) is 4.99. The van der Waals surface area contributed by atoms with Gasteiger partial charge in [-0.1, -0.05) is 0 Å². The minimum atomic E-state index is -4.60. The molecule has 1 aliphatic heterocycles. The molecule has 1 unspecified atom stereocenters. The molecule has 0 spiro atoms. The van der Waals surface area contributed by atoms with Crippen LogP contribution in [0.1, 0.15) is 12.8 Å². The number of methoxy groups -OCH3 is 1. The lowest BCUT2D eigenvalue weighted by molar-refractivity contribution is -0.183. The molecule has 1 atom stereocenters. The van der Waals surface area contributed by atoms with E-state index < -0.39 is 18.3 Å². The fourth-order valence-corrected chi connectivity index (χ4v) is 1.62. The van der Waals surface area contributed by atoms with Crippen molar-refractivity contribution in [3.63, 3.8) is 0 Å². The Morgan fingerprint density at radius 2 is 2.12 bits per heavy atom. The molecule has 1 rings (SSSR count). The zero-order chi connectivity index (χ0) is 12.3. The second-order valence-electron chi connectivity index (χ2n) is 3.67. The largest absolute Gasteiger partial charge is 0.383 e. The lowest BCUT2D eigenvalue weighted by Gasteiger charge is -2.33. The first-order chi connectivity index (χ1) is 7.39. The summed E-state index contributed by atoms with van der Waals surface area (Å²) in [6.07, 6.45) is -3.21. The van der Waals surface area contributed by atoms with Crippen LogP contribution in [0.5, 0.6) is 0 Å². The fourth-order valence-electron chi connectivity index (χ4n) is 1.62. The fraction of sp³-hybridized carbons (Fsp3) is 0.889. The molecule has 1 amide bonds. The van der Waals surface area contributed by atoms with E-state index in [9.17, 15) is 22.4 Å². The van der Waals surface area contributed by atoms with Crippen LogP contribution in [0.4, 0.5) is 17.6 Å². The Morgan fingerprint density at radius 1 is 1.50 bits per heavy atom. The Labute approximate surface area is 90.3 Å². The summed E-state index contributed by atoms with van der Waals surface area (Å²) in [5.41, 5.74) is 0. The molecule has 0 N–H and O–H groups in total. The van der Waals surface area contributed by atoms with Gasteiger partial charge in [0.05, 0.1) is 6.10 Å². The predicted molar refractivity (Wildman–Crippen MR) is 47.6 cm³/mol. The zero-order valence-electron chi connectivity index (χ0n) is 8.76. The van der Waals surface area contributed by atoms with Crippen LogP contribution in [-0.4, -0.2) is 49.5 Å². The van der Waals surface area contributed by atoms with Crippen molar-refractivity contribution in [2.75, 3.05) is 20.2 Å². The van der Waals surface area contributed by atoms with Gasteiger partial charge in [0.25, 0.3) is 5.91 Å². The molecule has 0 bridgehead atoms. The van der Waals surface area contributed by atoms with Gasteiger partial charge >= 0.3 is 12.3 Å². The summed E-state index contributed by atoms with van der Waals surface area (Å²) >= 11 is 0. The first-order valence-corrected chi connectivity index (χ1v) is 4.87. The van der Waals surface area contributed by atoms with E-state index in [-0.39, 0.29) is 19.2 Å². The number of hydrogen-bond donors (Lipinski definition) is 0. The van der Waals surface area contributed by atoms with Crippen molar-refractivity contribution in [1.82, 2.24) is 4.90 Å². The molecule has 16 heavy (non-hydrogen) atoms. The van der Waals surface area contributed by atoms with Gasteiger partial charge < -0.3 is 9.64 Å². The lowest BCUT2D eigenvalue weighted by atomic mass is 10.1. The Bertz CT molecular complexity index is 260. The van der Waals surface area contributed by atoms with Gasteiger partial charge in [-0.25, -0.2) is 8.78 Å². The van der Waals surface area contributed by atoms with E-state index in [4.69, 9.17) is 4.74 Å². The first-order valence-electron chi connectivity index (χ1n) is 4.87. The highest BCUT2D eigenvalue weighted by molar-refractivity contribution is 5.84. The second-order valence-corrected chi connectivity index (χ2v) is 3.67. The number of nitrogens with zero attached hydrogens (tertiary/aromatic N) is 1. The molecule has 0 aromatic carbocycles. The smallest absolute Gasteiger partial charge is 0.380 e. The maximum atomic E-state index is 12.8. The monoisotopic (exact) mass is 243 g/mol. The van der Waals surface area contributed by atoms with Crippen molar-refractivity contribution >= 4 is 5.91 Å². The van der Waals surface area contributed by atoms with Gasteiger partial charge in [-0.2, -0.15) is 8.78 Å². The number of ether oxygens (including phenoxy) is 1. The molecule has 0 aromatic heterocycles. The molecule has 0 radical (unpaired) electrons. The molecular formula is C9H13F4NO2. The normalized spacial score (nSPS) is 22.6. The highest BCUT2D eigenvalue weighted by Gasteiger charge is 2.51. The van der Waals surface area contributed by atoms with Crippen LogP contribution in [0.2, 0.25) is 0 Å². The van der Waals surface area contributed by atoms with E-state index in [2.05, 4.69) is 0 Å². The Morgan fingerprint density at radius 3 is 2.62 bits per heavy atom. The average Bonchev–Trinajstić information content (AvgIpc) is 2.27.